The van der Waals surface area contributed by atoms with E-state index in [-0.39, 0.29) is 5.91 Å². The fraction of sp³-hybridized carbons (Fsp3) is 0.125. The number of nitrogens with zero attached hydrogens (tertiary/aromatic N) is 1. The average molecular weight is 406 g/mol. The summed E-state index contributed by atoms with van der Waals surface area (Å²) in [5.74, 6) is 1.23. The molecule has 0 bridgehead atoms. The number of methoxy groups -OCH3 is 1. The molecule has 0 atom stereocenters. The van der Waals surface area contributed by atoms with Gasteiger partial charge in [-0.3, -0.25) is 4.79 Å². The van der Waals surface area contributed by atoms with Gasteiger partial charge >= 0.3 is 0 Å². The quantitative estimate of drug-likeness (QED) is 0.530. The Balaban J connectivity index is 1.59. The first-order chi connectivity index (χ1) is 14.1. The Bertz CT molecular complexity index is 1090. The summed E-state index contributed by atoms with van der Waals surface area (Å²) in [5.41, 5.74) is 4.40. The molecule has 0 aromatic heterocycles. The number of benzene rings is 3. The number of hydrogen-bond donors (Lipinski definition) is 0. The highest BCUT2D eigenvalue weighted by Crippen LogP contribution is 2.37. The Morgan fingerprint density at radius 1 is 1.00 bits per heavy atom. The maximum absolute atomic E-state index is 12.7. The number of para-hydroxylation sites is 1. The monoisotopic (exact) mass is 405 g/mol. The molecule has 29 heavy (non-hydrogen) atoms. The number of anilines is 1. The largest absolute Gasteiger partial charge is 0.493 e. The van der Waals surface area contributed by atoms with Gasteiger partial charge in [0.05, 0.1) is 12.8 Å². The van der Waals surface area contributed by atoms with Gasteiger partial charge in [-0.1, -0.05) is 48.0 Å². The highest BCUT2D eigenvalue weighted by molar-refractivity contribution is 6.35. The molecule has 0 saturated carbocycles. The van der Waals surface area contributed by atoms with Gasteiger partial charge in [0.2, 0.25) is 0 Å². The Hall–Kier alpha value is -3.24. The minimum atomic E-state index is -0.0202. The van der Waals surface area contributed by atoms with E-state index >= 15 is 0 Å². The minimum Gasteiger partial charge on any atom is -0.493 e. The standard InChI is InChI=1S/C24H20ClNO3/c1-26-21-6-4-3-5-19(21)20(24(26)27)13-17-9-12-22(23(14-17)28-2)29-15-16-7-10-18(25)11-8-16/h3-14H,15H2,1-2H3. The van der Waals surface area contributed by atoms with Crippen LogP contribution in [0.15, 0.2) is 66.7 Å². The summed E-state index contributed by atoms with van der Waals surface area (Å²) in [6.07, 6.45) is 1.89. The van der Waals surface area contributed by atoms with Gasteiger partial charge in [0, 0.05) is 23.2 Å². The number of amides is 1. The summed E-state index contributed by atoms with van der Waals surface area (Å²) in [6, 6.07) is 20.9. The van der Waals surface area contributed by atoms with Gasteiger partial charge in [-0.05, 0) is 47.5 Å². The highest BCUT2D eigenvalue weighted by Gasteiger charge is 2.29. The van der Waals surface area contributed by atoms with Crippen molar-refractivity contribution < 1.29 is 14.3 Å². The summed E-state index contributed by atoms with van der Waals surface area (Å²) in [7, 11) is 3.39. The molecule has 5 heteroatoms. The van der Waals surface area contributed by atoms with Gasteiger partial charge < -0.3 is 14.4 Å². The van der Waals surface area contributed by atoms with Crippen molar-refractivity contribution in [3.8, 4) is 11.5 Å². The van der Waals surface area contributed by atoms with Gasteiger partial charge in [0.15, 0.2) is 11.5 Å². The number of ether oxygens (including phenoxy) is 2. The van der Waals surface area contributed by atoms with E-state index in [2.05, 4.69) is 0 Å². The SMILES string of the molecule is COc1cc(C=C2C(=O)N(C)c3ccccc32)ccc1OCc1ccc(Cl)cc1. The Morgan fingerprint density at radius 3 is 2.52 bits per heavy atom. The molecular weight excluding hydrogens is 386 g/mol. The van der Waals surface area contributed by atoms with E-state index in [1.807, 2.05) is 72.8 Å². The molecule has 0 spiro atoms. The lowest BCUT2D eigenvalue weighted by atomic mass is 10.0. The summed E-state index contributed by atoms with van der Waals surface area (Å²) < 4.78 is 11.4. The zero-order valence-corrected chi connectivity index (χ0v) is 16.9. The summed E-state index contributed by atoms with van der Waals surface area (Å²) in [6.45, 7) is 0.407. The van der Waals surface area contributed by atoms with E-state index < -0.39 is 0 Å². The lowest BCUT2D eigenvalue weighted by Crippen LogP contribution is -2.20. The van der Waals surface area contributed by atoms with Crippen molar-refractivity contribution in [3.63, 3.8) is 0 Å². The van der Waals surface area contributed by atoms with Crippen molar-refractivity contribution in [2.75, 3.05) is 19.1 Å². The Kier molecular flexibility index (Phi) is 5.28. The van der Waals surface area contributed by atoms with Crippen LogP contribution in [0.2, 0.25) is 5.02 Å². The van der Waals surface area contributed by atoms with E-state index in [1.54, 1.807) is 19.1 Å². The molecule has 0 fully saturated rings. The second-order valence-corrected chi connectivity index (χ2v) is 7.20. The van der Waals surface area contributed by atoms with E-state index in [4.69, 9.17) is 21.1 Å². The number of halogens is 1. The second-order valence-electron chi connectivity index (χ2n) is 6.76. The third-order valence-corrected chi connectivity index (χ3v) is 5.15. The topological polar surface area (TPSA) is 38.8 Å². The first-order valence-corrected chi connectivity index (χ1v) is 9.59. The van der Waals surface area contributed by atoms with Crippen molar-refractivity contribution >= 4 is 34.8 Å². The van der Waals surface area contributed by atoms with Crippen LogP contribution in [0.4, 0.5) is 5.69 Å². The van der Waals surface area contributed by atoms with Crippen molar-refractivity contribution in [2.24, 2.45) is 0 Å². The Morgan fingerprint density at radius 2 is 1.76 bits per heavy atom. The maximum Gasteiger partial charge on any atom is 0.258 e. The van der Waals surface area contributed by atoms with Gasteiger partial charge in [-0.15, -0.1) is 0 Å². The molecule has 3 aromatic carbocycles. The average Bonchev–Trinajstić information content (AvgIpc) is 2.99. The zero-order valence-electron chi connectivity index (χ0n) is 16.2. The summed E-state index contributed by atoms with van der Waals surface area (Å²) >= 11 is 5.92. The van der Waals surface area contributed by atoms with Crippen LogP contribution in [0, 0.1) is 0 Å². The fourth-order valence-electron chi connectivity index (χ4n) is 3.34. The van der Waals surface area contributed by atoms with E-state index in [0.717, 1.165) is 22.4 Å². The minimum absolute atomic E-state index is 0.0202. The molecular formula is C24H20ClNO3. The lowest BCUT2D eigenvalue weighted by molar-refractivity contribution is -0.112. The molecule has 0 N–H and O–H groups in total. The molecule has 0 unspecified atom stereocenters. The van der Waals surface area contributed by atoms with Crippen LogP contribution >= 0.6 is 11.6 Å². The molecule has 3 aromatic rings. The van der Waals surface area contributed by atoms with Crippen LogP contribution in [-0.2, 0) is 11.4 Å². The highest BCUT2D eigenvalue weighted by atomic mass is 35.5. The molecule has 0 aliphatic carbocycles. The summed E-state index contributed by atoms with van der Waals surface area (Å²) in [4.78, 5) is 14.3. The van der Waals surface area contributed by atoms with Crippen LogP contribution in [0.5, 0.6) is 11.5 Å². The molecule has 1 amide bonds. The molecule has 0 radical (unpaired) electrons. The zero-order chi connectivity index (χ0) is 20.4. The van der Waals surface area contributed by atoms with E-state index in [0.29, 0.717) is 28.7 Å². The normalized spacial score (nSPS) is 14.2. The molecule has 146 valence electrons. The number of likely N-dealkylation sites (N-methyl/N-ethyl adjacent to an activating group) is 1. The lowest BCUT2D eigenvalue weighted by Gasteiger charge is -2.12. The van der Waals surface area contributed by atoms with Crippen molar-refractivity contribution in [1.82, 2.24) is 0 Å². The smallest absolute Gasteiger partial charge is 0.258 e. The fourth-order valence-corrected chi connectivity index (χ4v) is 3.47. The molecule has 1 heterocycles. The van der Waals surface area contributed by atoms with Crippen LogP contribution < -0.4 is 14.4 Å². The molecule has 4 nitrogen and oxygen atoms in total. The third-order valence-electron chi connectivity index (χ3n) is 4.90. The molecule has 0 saturated heterocycles. The second kappa shape index (κ2) is 8.02. The number of fused-ring (bicyclic) bond motifs is 1. The molecule has 1 aliphatic heterocycles. The van der Waals surface area contributed by atoms with Gasteiger partial charge in [-0.2, -0.15) is 0 Å². The number of hydrogen-bond acceptors (Lipinski definition) is 3. The first-order valence-electron chi connectivity index (χ1n) is 9.21. The number of carbonyl (C=O) groups excluding carboxylic acids is 1. The number of rotatable bonds is 5. The van der Waals surface area contributed by atoms with Gasteiger partial charge in [0.25, 0.3) is 5.91 Å². The first kappa shape index (κ1) is 19.1. The maximum atomic E-state index is 12.7. The summed E-state index contributed by atoms with van der Waals surface area (Å²) in [5, 5.41) is 0.692. The van der Waals surface area contributed by atoms with Crippen LogP contribution in [0.1, 0.15) is 16.7 Å². The van der Waals surface area contributed by atoms with E-state index in [1.165, 1.54) is 0 Å². The van der Waals surface area contributed by atoms with Gasteiger partial charge in [0.1, 0.15) is 6.61 Å². The van der Waals surface area contributed by atoms with Crippen molar-refractivity contribution in [1.29, 1.82) is 0 Å². The van der Waals surface area contributed by atoms with E-state index in [9.17, 15) is 4.79 Å². The van der Waals surface area contributed by atoms with Crippen molar-refractivity contribution in [2.45, 2.75) is 6.61 Å². The third kappa shape index (κ3) is 3.84. The van der Waals surface area contributed by atoms with Crippen LogP contribution in [-0.4, -0.2) is 20.1 Å². The predicted octanol–water partition coefficient (Wildman–Crippen LogP) is 5.44. The van der Waals surface area contributed by atoms with Crippen molar-refractivity contribution in [3.05, 3.63) is 88.4 Å². The Labute approximate surface area is 174 Å². The molecule has 4 rings (SSSR count). The van der Waals surface area contributed by atoms with Gasteiger partial charge in [-0.25, -0.2) is 0 Å². The number of carbonyl (C=O) groups is 1. The van der Waals surface area contributed by atoms with Crippen LogP contribution in [0.25, 0.3) is 11.6 Å². The predicted molar refractivity (Wildman–Crippen MR) is 117 cm³/mol. The molecule has 1 aliphatic rings. The van der Waals surface area contributed by atoms with Crippen LogP contribution in [0.3, 0.4) is 0 Å².